The Hall–Kier alpha value is -0.990. The van der Waals surface area contributed by atoms with Crippen LogP contribution >= 0.6 is 15.9 Å². The van der Waals surface area contributed by atoms with Crippen molar-refractivity contribution in [2.75, 3.05) is 31.8 Å². The molecule has 1 aliphatic rings. The first-order chi connectivity index (χ1) is 11.3. The Kier molecular flexibility index (Phi) is 6.77. The molecule has 0 aromatic heterocycles. The van der Waals surface area contributed by atoms with Crippen molar-refractivity contribution < 1.29 is 22.3 Å². The van der Waals surface area contributed by atoms with Crippen LogP contribution in [0.25, 0.3) is 0 Å². The maximum atomic E-state index is 13.3. The highest BCUT2D eigenvalue weighted by Gasteiger charge is 2.34. The maximum Gasteiger partial charge on any atom is 0.227 e. The van der Waals surface area contributed by atoms with Crippen LogP contribution in [0.1, 0.15) is 18.4 Å². The highest BCUT2D eigenvalue weighted by Crippen LogP contribution is 2.21. The lowest BCUT2D eigenvalue weighted by molar-refractivity contribution is -0.132. The van der Waals surface area contributed by atoms with E-state index in [9.17, 15) is 17.6 Å². The standard InChI is InChI=1S/C16H21BrFNO4S/c1-23-7-2-6-19(13-5-8-24(21,22)11-13)16(20)10-12-3-4-15(18)14(17)9-12/h3-4,9,13H,2,5-8,10-11H2,1H3. The summed E-state index contributed by atoms with van der Waals surface area (Å²) >= 11 is 3.11. The lowest BCUT2D eigenvalue weighted by atomic mass is 10.1. The molecule has 24 heavy (non-hydrogen) atoms. The van der Waals surface area contributed by atoms with E-state index in [0.29, 0.717) is 36.0 Å². The highest BCUT2D eigenvalue weighted by atomic mass is 79.9. The number of sulfone groups is 1. The Morgan fingerprint density at radius 3 is 2.79 bits per heavy atom. The van der Waals surface area contributed by atoms with Gasteiger partial charge >= 0.3 is 0 Å². The molecule has 1 atom stereocenters. The smallest absolute Gasteiger partial charge is 0.227 e. The molecule has 1 aromatic rings. The third-order valence-corrected chi connectivity index (χ3v) is 6.41. The first-order valence-electron chi connectivity index (χ1n) is 7.75. The summed E-state index contributed by atoms with van der Waals surface area (Å²) in [7, 11) is -1.49. The number of rotatable bonds is 7. The van der Waals surface area contributed by atoms with Crippen molar-refractivity contribution in [1.82, 2.24) is 4.90 Å². The fourth-order valence-electron chi connectivity index (χ4n) is 2.84. The summed E-state index contributed by atoms with van der Waals surface area (Å²) in [6, 6.07) is 4.16. The van der Waals surface area contributed by atoms with Gasteiger partial charge in [0, 0.05) is 26.3 Å². The molecule has 0 aliphatic carbocycles. The molecule has 0 N–H and O–H groups in total. The third-order valence-electron chi connectivity index (χ3n) is 4.06. The van der Waals surface area contributed by atoms with Gasteiger partial charge in [-0.25, -0.2) is 12.8 Å². The number of methoxy groups -OCH3 is 1. The molecule has 0 bridgehead atoms. The molecule has 0 saturated carbocycles. The van der Waals surface area contributed by atoms with E-state index in [2.05, 4.69) is 15.9 Å². The summed E-state index contributed by atoms with van der Waals surface area (Å²) in [5.41, 5.74) is 0.686. The van der Waals surface area contributed by atoms with Crippen LogP contribution in [0.5, 0.6) is 0 Å². The molecule has 0 spiro atoms. The number of hydrogen-bond acceptors (Lipinski definition) is 4. The first-order valence-corrected chi connectivity index (χ1v) is 10.4. The Morgan fingerprint density at radius 2 is 2.21 bits per heavy atom. The number of halogens is 2. The van der Waals surface area contributed by atoms with Crippen molar-refractivity contribution in [2.24, 2.45) is 0 Å². The largest absolute Gasteiger partial charge is 0.385 e. The summed E-state index contributed by atoms with van der Waals surface area (Å²) in [5.74, 6) is -0.399. The zero-order valence-electron chi connectivity index (χ0n) is 13.5. The second-order valence-corrected chi connectivity index (χ2v) is 9.00. The number of hydrogen-bond donors (Lipinski definition) is 0. The highest BCUT2D eigenvalue weighted by molar-refractivity contribution is 9.10. The van der Waals surface area contributed by atoms with Gasteiger partial charge in [-0.05, 0) is 46.5 Å². The van der Waals surface area contributed by atoms with Crippen molar-refractivity contribution in [3.8, 4) is 0 Å². The van der Waals surface area contributed by atoms with Gasteiger partial charge in [-0.3, -0.25) is 4.79 Å². The lowest BCUT2D eigenvalue weighted by Gasteiger charge is -2.28. The predicted molar refractivity (Wildman–Crippen MR) is 93.1 cm³/mol. The van der Waals surface area contributed by atoms with E-state index in [0.717, 1.165) is 0 Å². The molecule has 1 amide bonds. The van der Waals surface area contributed by atoms with E-state index in [1.54, 1.807) is 24.1 Å². The number of ether oxygens (including phenoxy) is 1. The Labute approximate surface area is 150 Å². The number of amides is 1. The van der Waals surface area contributed by atoms with Crippen molar-refractivity contribution >= 4 is 31.7 Å². The molecule has 1 heterocycles. The molecular weight excluding hydrogens is 401 g/mol. The van der Waals surface area contributed by atoms with Crippen molar-refractivity contribution in [3.05, 3.63) is 34.1 Å². The van der Waals surface area contributed by atoms with Gasteiger partial charge in [-0.2, -0.15) is 0 Å². The van der Waals surface area contributed by atoms with E-state index in [-0.39, 0.29) is 35.7 Å². The number of benzene rings is 1. The van der Waals surface area contributed by atoms with Gasteiger partial charge in [0.25, 0.3) is 0 Å². The topological polar surface area (TPSA) is 63.7 Å². The SMILES string of the molecule is COCCCN(C(=O)Cc1ccc(F)c(Br)c1)C1CCS(=O)(=O)C1. The molecule has 134 valence electrons. The van der Waals surface area contributed by atoms with E-state index >= 15 is 0 Å². The van der Waals surface area contributed by atoms with Gasteiger partial charge in [0.15, 0.2) is 9.84 Å². The fraction of sp³-hybridized carbons (Fsp3) is 0.562. The van der Waals surface area contributed by atoms with Gasteiger partial charge in [-0.1, -0.05) is 6.07 Å². The second-order valence-electron chi connectivity index (χ2n) is 5.92. The monoisotopic (exact) mass is 421 g/mol. The van der Waals surface area contributed by atoms with Crippen LogP contribution in [0.15, 0.2) is 22.7 Å². The number of carbonyl (C=O) groups excluding carboxylic acids is 1. The molecule has 1 aliphatic heterocycles. The number of carbonyl (C=O) groups is 1. The minimum absolute atomic E-state index is 0.0127. The van der Waals surface area contributed by atoms with Gasteiger partial charge in [0.05, 0.1) is 22.4 Å². The fourth-order valence-corrected chi connectivity index (χ4v) is 4.99. The molecule has 1 saturated heterocycles. The van der Waals surface area contributed by atoms with Gasteiger partial charge in [0.2, 0.25) is 5.91 Å². The first kappa shape index (κ1) is 19.3. The lowest BCUT2D eigenvalue weighted by Crippen LogP contribution is -2.42. The van der Waals surface area contributed by atoms with Crippen LogP contribution in [-0.2, 0) is 25.8 Å². The summed E-state index contributed by atoms with van der Waals surface area (Å²) in [6.45, 7) is 0.959. The molecule has 1 fully saturated rings. The van der Waals surface area contributed by atoms with Gasteiger partial charge < -0.3 is 9.64 Å². The third kappa shape index (κ3) is 5.26. The van der Waals surface area contributed by atoms with E-state index < -0.39 is 9.84 Å². The average Bonchev–Trinajstić information content (AvgIpc) is 2.87. The summed E-state index contributed by atoms with van der Waals surface area (Å²) in [4.78, 5) is 14.3. The molecule has 1 unspecified atom stereocenters. The van der Waals surface area contributed by atoms with E-state index in [1.807, 2.05) is 0 Å². The van der Waals surface area contributed by atoms with Crippen LogP contribution in [0, 0.1) is 5.82 Å². The van der Waals surface area contributed by atoms with Crippen LogP contribution in [0.2, 0.25) is 0 Å². The summed E-state index contributed by atoms with van der Waals surface area (Å²) < 4.78 is 42.1. The van der Waals surface area contributed by atoms with Crippen LogP contribution in [0.4, 0.5) is 4.39 Å². The Morgan fingerprint density at radius 1 is 1.46 bits per heavy atom. The van der Waals surface area contributed by atoms with Crippen LogP contribution in [-0.4, -0.2) is 57.0 Å². The zero-order chi connectivity index (χ0) is 17.7. The van der Waals surface area contributed by atoms with Crippen molar-refractivity contribution in [2.45, 2.75) is 25.3 Å². The Balaban J connectivity index is 2.09. The van der Waals surface area contributed by atoms with Crippen LogP contribution in [0.3, 0.4) is 0 Å². The predicted octanol–water partition coefficient (Wildman–Crippen LogP) is 2.18. The van der Waals surface area contributed by atoms with E-state index in [1.165, 1.54) is 6.07 Å². The van der Waals surface area contributed by atoms with Gasteiger partial charge in [-0.15, -0.1) is 0 Å². The maximum absolute atomic E-state index is 13.3. The summed E-state index contributed by atoms with van der Waals surface area (Å²) in [5, 5.41) is 0. The molecule has 2 rings (SSSR count). The Bertz CT molecular complexity index is 695. The van der Waals surface area contributed by atoms with Crippen molar-refractivity contribution in [3.63, 3.8) is 0 Å². The molecule has 0 radical (unpaired) electrons. The average molecular weight is 422 g/mol. The normalized spacial score (nSPS) is 19.4. The minimum atomic E-state index is -3.07. The minimum Gasteiger partial charge on any atom is -0.385 e. The van der Waals surface area contributed by atoms with Gasteiger partial charge in [0.1, 0.15) is 5.82 Å². The molecular formula is C16H21BrFNO4S. The zero-order valence-corrected chi connectivity index (χ0v) is 15.9. The second kappa shape index (κ2) is 8.40. The molecule has 8 heteroatoms. The molecule has 1 aromatic carbocycles. The van der Waals surface area contributed by atoms with Crippen molar-refractivity contribution in [1.29, 1.82) is 0 Å². The molecule has 5 nitrogen and oxygen atoms in total. The van der Waals surface area contributed by atoms with Crippen LogP contribution < -0.4 is 0 Å². The summed E-state index contributed by atoms with van der Waals surface area (Å²) in [6.07, 6.45) is 1.22. The van der Waals surface area contributed by atoms with E-state index in [4.69, 9.17) is 4.74 Å². The number of nitrogens with zero attached hydrogens (tertiary/aromatic N) is 1. The quantitative estimate of drug-likeness (QED) is 0.632.